The Morgan fingerprint density at radius 2 is 1.83 bits per heavy atom. The molecule has 2 aromatic rings. The Morgan fingerprint density at radius 3 is 2.46 bits per heavy atom. The smallest absolute Gasteiger partial charge is 0.237 e. The Labute approximate surface area is 149 Å². The summed E-state index contributed by atoms with van der Waals surface area (Å²) in [5.41, 5.74) is 1.78. The molecule has 24 heavy (non-hydrogen) atoms. The van der Waals surface area contributed by atoms with E-state index in [1.807, 2.05) is 62.4 Å². The van der Waals surface area contributed by atoms with Crippen LogP contribution in [0.25, 0.3) is 0 Å². The van der Waals surface area contributed by atoms with Crippen LogP contribution in [0.5, 0.6) is 0 Å². The van der Waals surface area contributed by atoms with E-state index in [9.17, 15) is 15.0 Å². The first kappa shape index (κ1) is 17.1. The summed E-state index contributed by atoms with van der Waals surface area (Å²) in [5, 5.41) is 20.0. The van der Waals surface area contributed by atoms with E-state index in [0.29, 0.717) is 0 Å². The Morgan fingerprint density at radius 1 is 1.17 bits per heavy atom. The van der Waals surface area contributed by atoms with Gasteiger partial charge in [-0.3, -0.25) is 4.79 Å². The number of halogens is 1. The highest BCUT2D eigenvalue weighted by molar-refractivity contribution is 9.10. The van der Waals surface area contributed by atoms with E-state index in [-0.39, 0.29) is 5.91 Å². The molecule has 5 heteroatoms. The molecule has 0 radical (unpaired) electrons. The molecule has 126 valence electrons. The molecule has 0 aliphatic carbocycles. The largest absolute Gasteiger partial charge is 0.394 e. The molecule has 0 saturated carbocycles. The van der Waals surface area contributed by atoms with Gasteiger partial charge in [-0.25, -0.2) is 0 Å². The molecule has 0 fully saturated rings. The van der Waals surface area contributed by atoms with Crippen LogP contribution >= 0.6 is 15.9 Å². The molecule has 1 heterocycles. The lowest BCUT2D eigenvalue weighted by atomic mass is 9.86. The number of carbonyl (C=O) groups excluding carboxylic acids is 1. The number of hydrogen-bond donors (Lipinski definition) is 2. The lowest BCUT2D eigenvalue weighted by molar-refractivity contribution is -0.123. The van der Waals surface area contributed by atoms with E-state index in [1.165, 1.54) is 0 Å². The quantitative estimate of drug-likeness (QED) is 0.843. The van der Waals surface area contributed by atoms with E-state index >= 15 is 0 Å². The highest BCUT2D eigenvalue weighted by Crippen LogP contribution is 2.47. The summed E-state index contributed by atoms with van der Waals surface area (Å²) in [6.45, 7) is 3.34. The van der Waals surface area contributed by atoms with Crippen molar-refractivity contribution in [3.63, 3.8) is 0 Å². The Kier molecular flexibility index (Phi) is 4.51. The zero-order valence-corrected chi connectivity index (χ0v) is 15.2. The first-order valence-corrected chi connectivity index (χ1v) is 8.64. The molecule has 1 aliphatic rings. The molecule has 0 spiro atoms. The monoisotopic (exact) mass is 389 g/mol. The van der Waals surface area contributed by atoms with Gasteiger partial charge in [-0.05, 0) is 43.2 Å². The van der Waals surface area contributed by atoms with Crippen molar-refractivity contribution in [3.05, 3.63) is 64.1 Å². The second-order valence-corrected chi connectivity index (χ2v) is 7.48. The van der Waals surface area contributed by atoms with Crippen LogP contribution in [0.3, 0.4) is 0 Å². The minimum atomic E-state index is -1.07. The van der Waals surface area contributed by atoms with Crippen LogP contribution in [0.4, 0.5) is 5.69 Å². The van der Waals surface area contributed by atoms with Crippen molar-refractivity contribution < 1.29 is 15.0 Å². The van der Waals surface area contributed by atoms with Crippen molar-refractivity contribution in [3.8, 4) is 0 Å². The Hall–Kier alpha value is -1.69. The summed E-state index contributed by atoms with van der Waals surface area (Å²) in [4.78, 5) is 14.8. The average Bonchev–Trinajstić information content (AvgIpc) is 2.77. The molecule has 1 unspecified atom stereocenters. The van der Waals surface area contributed by atoms with Gasteiger partial charge in [0.25, 0.3) is 0 Å². The summed E-state index contributed by atoms with van der Waals surface area (Å²) in [7, 11) is 0. The number of carbonyl (C=O) groups is 1. The van der Waals surface area contributed by atoms with E-state index in [0.717, 1.165) is 21.3 Å². The fourth-order valence-corrected chi connectivity index (χ4v) is 3.68. The first-order valence-electron chi connectivity index (χ1n) is 7.85. The van der Waals surface area contributed by atoms with Crippen LogP contribution in [0.2, 0.25) is 0 Å². The van der Waals surface area contributed by atoms with Gasteiger partial charge in [0.15, 0.2) is 0 Å². The third-order valence-electron chi connectivity index (χ3n) is 4.62. The maximum atomic E-state index is 13.1. The Bertz CT molecular complexity index is 760. The number of benzene rings is 2. The fourth-order valence-electron chi connectivity index (χ4n) is 3.31. The molecule has 1 aliphatic heterocycles. The molecule has 2 aromatic carbocycles. The molecule has 2 N–H and O–H groups in total. The van der Waals surface area contributed by atoms with E-state index < -0.39 is 24.2 Å². The fraction of sp³-hybridized carbons (Fsp3) is 0.316. The molecule has 0 saturated heterocycles. The van der Waals surface area contributed by atoms with Gasteiger partial charge in [-0.1, -0.05) is 46.3 Å². The van der Waals surface area contributed by atoms with Crippen LogP contribution < -0.4 is 4.90 Å². The number of aliphatic hydroxyl groups is 2. The molecular formula is C19H20BrNO3. The van der Waals surface area contributed by atoms with Gasteiger partial charge in [-0.2, -0.15) is 0 Å². The van der Waals surface area contributed by atoms with Gasteiger partial charge in [0.1, 0.15) is 6.10 Å². The number of rotatable bonds is 4. The third kappa shape index (κ3) is 2.66. The maximum Gasteiger partial charge on any atom is 0.237 e. The lowest BCUT2D eigenvalue weighted by Crippen LogP contribution is -2.44. The predicted octanol–water partition coefficient (Wildman–Crippen LogP) is 3.17. The molecule has 2 atom stereocenters. The van der Waals surface area contributed by atoms with Gasteiger partial charge >= 0.3 is 0 Å². The van der Waals surface area contributed by atoms with Crippen molar-refractivity contribution >= 4 is 27.5 Å². The molecule has 0 bridgehead atoms. The van der Waals surface area contributed by atoms with Gasteiger partial charge in [-0.15, -0.1) is 0 Å². The van der Waals surface area contributed by atoms with Crippen molar-refractivity contribution in [2.24, 2.45) is 0 Å². The first-order chi connectivity index (χ1) is 11.4. The highest BCUT2D eigenvalue weighted by Gasteiger charge is 2.48. The lowest BCUT2D eigenvalue weighted by Gasteiger charge is -2.33. The minimum Gasteiger partial charge on any atom is -0.394 e. The van der Waals surface area contributed by atoms with E-state index in [1.54, 1.807) is 4.90 Å². The third-order valence-corrected chi connectivity index (χ3v) is 5.11. The molecule has 1 amide bonds. The van der Waals surface area contributed by atoms with Crippen molar-refractivity contribution in [1.29, 1.82) is 0 Å². The maximum absolute atomic E-state index is 13.1. The summed E-state index contributed by atoms with van der Waals surface area (Å²) < 4.78 is 0.906. The van der Waals surface area contributed by atoms with Crippen LogP contribution in [-0.2, 0) is 10.2 Å². The molecule has 4 nitrogen and oxygen atoms in total. The van der Waals surface area contributed by atoms with Gasteiger partial charge in [0, 0.05) is 10.2 Å². The topological polar surface area (TPSA) is 60.8 Å². The SMILES string of the molecule is CC1(C)C(=O)N(C(c2ccccc2)[C@H](O)CO)c2ccc(Br)cc21. The van der Waals surface area contributed by atoms with Gasteiger partial charge < -0.3 is 15.1 Å². The number of aliphatic hydroxyl groups excluding tert-OH is 2. The molecular weight excluding hydrogens is 370 g/mol. The summed E-state index contributed by atoms with van der Waals surface area (Å²) in [6, 6.07) is 14.4. The summed E-state index contributed by atoms with van der Waals surface area (Å²) in [5.74, 6) is -0.0862. The zero-order chi connectivity index (χ0) is 17.5. The second kappa shape index (κ2) is 6.31. The second-order valence-electron chi connectivity index (χ2n) is 6.57. The normalized spacial score (nSPS) is 18.4. The van der Waals surface area contributed by atoms with Crippen LogP contribution in [0.1, 0.15) is 31.0 Å². The number of fused-ring (bicyclic) bond motifs is 1. The van der Waals surface area contributed by atoms with Crippen LogP contribution in [0.15, 0.2) is 53.0 Å². The van der Waals surface area contributed by atoms with Crippen molar-refractivity contribution in [2.75, 3.05) is 11.5 Å². The summed E-state index contributed by atoms with van der Waals surface area (Å²) in [6.07, 6.45) is -1.07. The summed E-state index contributed by atoms with van der Waals surface area (Å²) >= 11 is 3.46. The number of nitrogens with zero attached hydrogens (tertiary/aromatic N) is 1. The standard InChI is InChI=1S/C19H20BrNO3/c1-19(2)14-10-13(20)8-9-15(14)21(18(19)24)17(16(23)11-22)12-6-4-3-5-7-12/h3-10,16-17,22-23H,11H2,1-2H3/t16-,17?/m1/s1. The minimum absolute atomic E-state index is 0.0862. The van der Waals surface area contributed by atoms with Crippen molar-refractivity contribution in [1.82, 2.24) is 0 Å². The highest BCUT2D eigenvalue weighted by atomic mass is 79.9. The van der Waals surface area contributed by atoms with Gasteiger partial charge in [0.2, 0.25) is 5.91 Å². The van der Waals surface area contributed by atoms with Crippen LogP contribution in [-0.4, -0.2) is 28.8 Å². The Balaban J connectivity index is 2.17. The van der Waals surface area contributed by atoms with E-state index in [2.05, 4.69) is 15.9 Å². The van der Waals surface area contributed by atoms with E-state index in [4.69, 9.17) is 0 Å². The zero-order valence-electron chi connectivity index (χ0n) is 13.6. The van der Waals surface area contributed by atoms with Crippen molar-refractivity contribution in [2.45, 2.75) is 31.4 Å². The molecule has 0 aromatic heterocycles. The number of amides is 1. The van der Waals surface area contributed by atoms with Gasteiger partial charge in [0.05, 0.1) is 18.1 Å². The molecule has 3 rings (SSSR count). The number of anilines is 1. The average molecular weight is 390 g/mol. The predicted molar refractivity (Wildman–Crippen MR) is 96.9 cm³/mol. The number of hydrogen-bond acceptors (Lipinski definition) is 3. The van der Waals surface area contributed by atoms with Crippen LogP contribution in [0, 0.1) is 0 Å².